The third-order valence-electron chi connectivity index (χ3n) is 9.68. The highest BCUT2D eigenvalue weighted by Crippen LogP contribution is 2.52. The van der Waals surface area contributed by atoms with Gasteiger partial charge >= 0.3 is 5.97 Å². The first-order valence-corrected chi connectivity index (χ1v) is 16.3. The van der Waals surface area contributed by atoms with Gasteiger partial charge in [-0.15, -0.1) is 0 Å². The molecule has 1 N–H and O–H groups in total. The summed E-state index contributed by atoms with van der Waals surface area (Å²) < 4.78 is 18.7. The van der Waals surface area contributed by atoms with Crippen LogP contribution in [0.25, 0.3) is 0 Å². The van der Waals surface area contributed by atoms with Gasteiger partial charge in [-0.3, -0.25) is 4.79 Å². The van der Waals surface area contributed by atoms with Crippen molar-refractivity contribution in [1.82, 2.24) is 14.9 Å². The zero-order chi connectivity index (χ0) is 31.6. The molecule has 240 valence electrons. The summed E-state index contributed by atoms with van der Waals surface area (Å²) in [4.78, 5) is 38.5. The molecule has 0 unspecified atom stereocenters. The minimum absolute atomic E-state index is 0.118. The number of hydrogen-bond acceptors (Lipinski definition) is 7. The van der Waals surface area contributed by atoms with Gasteiger partial charge < -0.3 is 24.2 Å². The molecule has 0 radical (unpaired) electrons. The highest BCUT2D eigenvalue weighted by Gasteiger charge is 2.60. The van der Waals surface area contributed by atoms with E-state index in [9.17, 15) is 14.7 Å². The summed E-state index contributed by atoms with van der Waals surface area (Å²) >= 11 is 0. The molecule has 44 heavy (non-hydrogen) atoms. The maximum absolute atomic E-state index is 14.5. The van der Waals surface area contributed by atoms with Gasteiger partial charge in [-0.1, -0.05) is 46.5 Å². The van der Waals surface area contributed by atoms with E-state index in [-0.39, 0.29) is 24.5 Å². The van der Waals surface area contributed by atoms with Crippen molar-refractivity contribution >= 4 is 11.9 Å². The fraction of sp³-hybridized carbons (Fsp3) is 0.657. The average molecular weight is 608 g/mol. The topological polar surface area (TPSA) is 111 Å². The molecule has 1 aliphatic heterocycles. The van der Waals surface area contributed by atoms with Crippen LogP contribution >= 0.6 is 0 Å². The van der Waals surface area contributed by atoms with Crippen molar-refractivity contribution in [1.29, 1.82) is 0 Å². The molecule has 2 aromatic heterocycles. The predicted molar refractivity (Wildman–Crippen MR) is 166 cm³/mol. The lowest BCUT2D eigenvalue weighted by Gasteiger charge is -2.35. The van der Waals surface area contributed by atoms with Crippen LogP contribution in [0.5, 0.6) is 11.8 Å². The molecule has 1 saturated heterocycles. The number of hydrogen-bond donors (Lipinski definition) is 1. The molecule has 2 aromatic rings. The molecule has 3 fully saturated rings. The van der Waals surface area contributed by atoms with E-state index in [1.54, 1.807) is 18.2 Å². The molecule has 2 aliphatic carbocycles. The van der Waals surface area contributed by atoms with Gasteiger partial charge in [0.1, 0.15) is 6.04 Å². The van der Waals surface area contributed by atoms with Gasteiger partial charge in [-0.25, -0.2) is 14.8 Å². The number of carboxylic acids is 1. The molecule has 3 aliphatic rings. The Morgan fingerprint density at radius 3 is 2.36 bits per heavy atom. The van der Waals surface area contributed by atoms with Crippen LogP contribution in [0.1, 0.15) is 115 Å². The lowest BCUT2D eigenvalue weighted by molar-refractivity contribution is -0.154. The van der Waals surface area contributed by atoms with Crippen molar-refractivity contribution in [2.75, 3.05) is 7.11 Å². The van der Waals surface area contributed by atoms with Gasteiger partial charge in [0.05, 0.1) is 32.0 Å². The van der Waals surface area contributed by atoms with Gasteiger partial charge in [-0.2, -0.15) is 0 Å². The molecule has 0 aromatic carbocycles. The normalized spacial score (nSPS) is 24.8. The number of carbonyl (C=O) groups is 2. The quantitative estimate of drug-likeness (QED) is 0.318. The number of rotatable bonds is 10. The second kappa shape index (κ2) is 13.4. The van der Waals surface area contributed by atoms with Crippen molar-refractivity contribution in [3.8, 4) is 11.8 Å². The number of aliphatic carboxylic acids is 1. The monoisotopic (exact) mass is 607 g/mol. The van der Waals surface area contributed by atoms with E-state index in [2.05, 4.69) is 16.0 Å². The van der Waals surface area contributed by atoms with Crippen LogP contribution in [0.4, 0.5) is 0 Å². The molecular weight excluding hydrogens is 558 g/mol. The Morgan fingerprint density at radius 1 is 1.05 bits per heavy atom. The molecule has 1 amide bonds. The van der Waals surface area contributed by atoms with E-state index >= 15 is 0 Å². The van der Waals surface area contributed by atoms with Gasteiger partial charge in [0.2, 0.25) is 17.7 Å². The summed E-state index contributed by atoms with van der Waals surface area (Å²) in [5.41, 5.74) is 2.15. The van der Waals surface area contributed by atoms with Crippen LogP contribution < -0.4 is 9.47 Å². The van der Waals surface area contributed by atoms with E-state index in [0.29, 0.717) is 23.2 Å². The number of ether oxygens (including phenoxy) is 3. The molecular formula is C35H49N3O6. The molecule has 9 heteroatoms. The summed E-state index contributed by atoms with van der Waals surface area (Å²) in [6, 6.07) is 4.05. The van der Waals surface area contributed by atoms with Crippen LogP contribution in [0.15, 0.2) is 30.6 Å². The lowest BCUT2D eigenvalue weighted by atomic mass is 9.73. The number of aromatic nitrogens is 2. The summed E-state index contributed by atoms with van der Waals surface area (Å²) in [7, 11) is 1.60. The van der Waals surface area contributed by atoms with Crippen molar-refractivity contribution in [3.05, 3.63) is 47.3 Å². The number of methoxy groups -OCH3 is 1. The van der Waals surface area contributed by atoms with Crippen molar-refractivity contribution in [2.24, 2.45) is 17.3 Å². The third-order valence-corrected chi connectivity index (χ3v) is 9.68. The minimum Gasteiger partial charge on any atom is -0.481 e. The Bertz CT molecular complexity index is 1310. The summed E-state index contributed by atoms with van der Waals surface area (Å²) in [5, 5.41) is 10.8. The molecule has 3 heterocycles. The first-order valence-electron chi connectivity index (χ1n) is 16.3. The molecule has 2 saturated carbocycles. The summed E-state index contributed by atoms with van der Waals surface area (Å²) in [5.74, 6) is -0.502. The zero-order valence-corrected chi connectivity index (χ0v) is 27.1. The number of amides is 1. The summed E-state index contributed by atoms with van der Waals surface area (Å²) in [6.07, 6.45) is 10.8. The van der Waals surface area contributed by atoms with E-state index in [1.165, 1.54) is 12.0 Å². The van der Waals surface area contributed by atoms with E-state index in [4.69, 9.17) is 14.2 Å². The smallest absolute Gasteiger partial charge is 0.326 e. The lowest BCUT2D eigenvalue weighted by Crippen LogP contribution is -2.49. The molecule has 9 nitrogen and oxygen atoms in total. The molecule has 0 spiro atoms. The first kappa shape index (κ1) is 32.2. The Labute approximate surface area is 261 Å². The second-order valence-corrected chi connectivity index (χ2v) is 14.1. The Kier molecular flexibility index (Phi) is 9.83. The van der Waals surface area contributed by atoms with Crippen LogP contribution in [0.3, 0.4) is 0 Å². The highest BCUT2D eigenvalue weighted by atomic mass is 16.5. The first-order chi connectivity index (χ1) is 21.0. The largest absolute Gasteiger partial charge is 0.481 e. The van der Waals surface area contributed by atoms with Gasteiger partial charge in [0, 0.05) is 35.4 Å². The fourth-order valence-electron chi connectivity index (χ4n) is 7.38. The Morgan fingerprint density at radius 2 is 1.77 bits per heavy atom. The number of nitrogens with zero attached hydrogens (tertiary/aromatic N) is 3. The maximum atomic E-state index is 14.5. The van der Waals surface area contributed by atoms with Crippen LogP contribution in [0, 0.1) is 17.3 Å². The Balaban J connectivity index is 1.62. The van der Waals surface area contributed by atoms with Crippen molar-refractivity contribution < 1.29 is 28.9 Å². The van der Waals surface area contributed by atoms with E-state index in [0.717, 1.165) is 50.5 Å². The van der Waals surface area contributed by atoms with E-state index in [1.807, 2.05) is 52.9 Å². The van der Waals surface area contributed by atoms with Crippen LogP contribution in [-0.4, -0.2) is 57.2 Å². The molecule has 5 rings (SSSR count). The number of carboxylic acid groups (broad SMARTS) is 1. The van der Waals surface area contributed by atoms with Crippen molar-refractivity contribution in [3.63, 3.8) is 0 Å². The average Bonchev–Trinajstić information content (AvgIpc) is 3.31. The van der Waals surface area contributed by atoms with Gasteiger partial charge in [-0.05, 0) is 74.6 Å². The van der Waals surface area contributed by atoms with Crippen LogP contribution in [0.2, 0.25) is 0 Å². The fourth-order valence-corrected chi connectivity index (χ4v) is 7.38. The second-order valence-electron chi connectivity index (χ2n) is 14.1. The highest BCUT2D eigenvalue weighted by molar-refractivity contribution is 5.87. The van der Waals surface area contributed by atoms with Crippen molar-refractivity contribution in [2.45, 2.75) is 123 Å². The predicted octanol–water partition coefficient (Wildman–Crippen LogP) is 6.70. The number of carbonyl (C=O) groups excluding carboxylic acids is 1. The SMILES string of the molecule is COc1ncc(C2CCC2)cc1CO[C@H]1[C@H](C(C)(C)C)[C@@H](C(=O)O)N(C(=O)C2CCCCC2)[C@H]1c1cccnc1OC(C)C. The number of pyridine rings is 2. The van der Waals surface area contributed by atoms with Gasteiger partial charge in [0.15, 0.2) is 0 Å². The molecule has 0 bridgehead atoms. The minimum atomic E-state index is -1.08. The van der Waals surface area contributed by atoms with Gasteiger partial charge in [0.25, 0.3) is 0 Å². The Hall–Kier alpha value is -3.20. The standard InChI is InChI=1S/C35H49N3O6/c1-21(2)44-32-26(16-11-17-36-32)28-30(43-20-25-18-24(22-14-10-15-22)19-37-31(25)42-6)27(35(3,4)5)29(34(40)41)38(28)33(39)23-12-8-7-9-13-23/h11,16-19,21-23,27-30H,7-10,12-15,20H2,1-6H3,(H,40,41)/t27-,28+,29+,30+/m1/s1. The maximum Gasteiger partial charge on any atom is 0.326 e. The molecule has 4 atom stereocenters. The van der Waals surface area contributed by atoms with Crippen LogP contribution in [-0.2, 0) is 20.9 Å². The van der Waals surface area contributed by atoms with E-state index < -0.39 is 35.5 Å². The zero-order valence-electron chi connectivity index (χ0n) is 27.1. The summed E-state index contributed by atoms with van der Waals surface area (Å²) in [6.45, 7) is 10.1. The third kappa shape index (κ3) is 6.58. The number of likely N-dealkylation sites (tertiary alicyclic amines) is 1.